The molecule has 1 unspecified atom stereocenters. The first-order valence-corrected chi connectivity index (χ1v) is 9.60. The third kappa shape index (κ3) is 4.52. The number of nitrogens with zero attached hydrogens (tertiary/aromatic N) is 2. The van der Waals surface area contributed by atoms with Crippen LogP contribution in [0.15, 0.2) is 53.2 Å². The van der Waals surface area contributed by atoms with Gasteiger partial charge in [-0.1, -0.05) is 48.2 Å². The molecular weight excluding hydrogens is 334 g/mol. The fourth-order valence-electron chi connectivity index (χ4n) is 1.81. The molecule has 0 radical (unpaired) electrons. The molecule has 1 aromatic carbocycles. The number of sulfone groups is 1. The summed E-state index contributed by atoms with van der Waals surface area (Å²) < 4.78 is 23.7. The van der Waals surface area contributed by atoms with Crippen LogP contribution in [0.4, 0.5) is 0 Å². The van der Waals surface area contributed by atoms with E-state index >= 15 is 0 Å². The maximum absolute atomic E-state index is 12.0. The van der Waals surface area contributed by atoms with Gasteiger partial charge < -0.3 is 5.32 Å². The first-order chi connectivity index (χ1) is 10.9. The van der Waals surface area contributed by atoms with Crippen LogP contribution in [0.1, 0.15) is 12.5 Å². The second-order valence-electron chi connectivity index (χ2n) is 4.86. The predicted octanol–water partition coefficient (Wildman–Crippen LogP) is 1.60. The van der Waals surface area contributed by atoms with Gasteiger partial charge in [0, 0.05) is 5.75 Å². The fraction of sp³-hybridized carbons (Fsp3) is 0.267. The smallest absolute Gasteiger partial charge is 0.244 e. The van der Waals surface area contributed by atoms with E-state index in [4.69, 9.17) is 0 Å². The van der Waals surface area contributed by atoms with Gasteiger partial charge in [0.05, 0.1) is 11.5 Å². The minimum absolute atomic E-state index is 0.239. The van der Waals surface area contributed by atoms with Crippen LogP contribution in [0.25, 0.3) is 0 Å². The van der Waals surface area contributed by atoms with Crippen LogP contribution in [0.2, 0.25) is 0 Å². The van der Waals surface area contributed by atoms with Gasteiger partial charge in [-0.3, -0.25) is 4.79 Å². The quantitative estimate of drug-likeness (QED) is 0.816. The lowest BCUT2D eigenvalue weighted by Gasteiger charge is -2.15. The van der Waals surface area contributed by atoms with Gasteiger partial charge in [-0.15, -0.1) is 11.7 Å². The van der Waals surface area contributed by atoms with E-state index in [0.717, 1.165) is 11.3 Å². The maximum Gasteiger partial charge on any atom is 0.244 e. The van der Waals surface area contributed by atoms with Crippen molar-refractivity contribution in [3.63, 3.8) is 0 Å². The highest BCUT2D eigenvalue weighted by atomic mass is 32.2. The summed E-state index contributed by atoms with van der Waals surface area (Å²) in [7, 11) is -3.54. The number of amidine groups is 1. The van der Waals surface area contributed by atoms with E-state index in [0.29, 0.717) is 10.9 Å². The summed E-state index contributed by atoms with van der Waals surface area (Å²) in [6.45, 7) is 4.73. The summed E-state index contributed by atoms with van der Waals surface area (Å²) in [6.07, 6.45) is 1.27. The second-order valence-corrected chi connectivity index (χ2v) is 8.19. The van der Waals surface area contributed by atoms with Gasteiger partial charge in [-0.2, -0.15) is 5.10 Å². The topological polar surface area (TPSA) is 88.0 Å². The number of hydrogen-bond donors (Lipinski definition) is 1. The van der Waals surface area contributed by atoms with Gasteiger partial charge in [0.2, 0.25) is 5.91 Å². The molecule has 1 aromatic rings. The van der Waals surface area contributed by atoms with E-state index in [1.165, 1.54) is 24.8 Å². The number of carbonyl (C=O) groups excluding carboxylic acids is 1. The fourth-order valence-corrected chi connectivity index (χ4v) is 3.58. The van der Waals surface area contributed by atoms with E-state index < -0.39 is 21.0 Å². The van der Waals surface area contributed by atoms with Crippen molar-refractivity contribution >= 4 is 38.4 Å². The standard InChI is InChI=1S/C15H17N3O3S2/c1-3-9-23(20,21)11(2)14(19)16-15-18-17-13(10-22-15)12-7-5-4-6-8-12/h3-8,11H,1,9-10H2,2H3,(H,16,18,19). The first-order valence-electron chi connectivity index (χ1n) is 6.90. The SMILES string of the molecule is C=CCS(=O)(=O)C(C)C(=O)NC1=NN=C(c2ccccc2)CS1. The monoisotopic (exact) mass is 351 g/mol. The molecule has 0 fully saturated rings. The third-order valence-electron chi connectivity index (χ3n) is 3.20. The van der Waals surface area contributed by atoms with Gasteiger partial charge in [0.25, 0.3) is 0 Å². The van der Waals surface area contributed by atoms with Gasteiger partial charge >= 0.3 is 0 Å². The lowest BCUT2D eigenvalue weighted by atomic mass is 10.1. The molecule has 8 heteroatoms. The molecule has 1 aliphatic rings. The molecule has 23 heavy (non-hydrogen) atoms. The highest BCUT2D eigenvalue weighted by Gasteiger charge is 2.28. The van der Waals surface area contributed by atoms with Crippen molar-refractivity contribution in [1.82, 2.24) is 5.32 Å². The minimum atomic E-state index is -3.54. The van der Waals surface area contributed by atoms with E-state index in [1.807, 2.05) is 30.3 Å². The maximum atomic E-state index is 12.0. The van der Waals surface area contributed by atoms with Crippen LogP contribution in [-0.2, 0) is 14.6 Å². The average Bonchev–Trinajstić information content (AvgIpc) is 2.55. The average molecular weight is 351 g/mol. The molecule has 1 N–H and O–H groups in total. The molecule has 0 aromatic heterocycles. The molecule has 1 amide bonds. The van der Waals surface area contributed by atoms with Crippen LogP contribution in [-0.4, -0.2) is 42.0 Å². The van der Waals surface area contributed by atoms with E-state index in [1.54, 1.807) is 0 Å². The Kier molecular flexibility index (Phi) is 5.73. The van der Waals surface area contributed by atoms with Gasteiger partial charge in [0.1, 0.15) is 5.25 Å². The number of rotatable bonds is 5. The van der Waals surface area contributed by atoms with Crippen LogP contribution in [0.5, 0.6) is 0 Å². The van der Waals surface area contributed by atoms with Crippen molar-refractivity contribution < 1.29 is 13.2 Å². The summed E-state index contributed by atoms with van der Waals surface area (Å²) in [4.78, 5) is 12.0. The zero-order chi connectivity index (χ0) is 16.9. The van der Waals surface area contributed by atoms with Crippen LogP contribution < -0.4 is 5.32 Å². The Morgan fingerprint density at radius 3 is 2.65 bits per heavy atom. The molecule has 1 heterocycles. The molecule has 2 rings (SSSR count). The molecule has 0 saturated heterocycles. The summed E-state index contributed by atoms with van der Waals surface area (Å²) in [5, 5.41) is 9.70. The lowest BCUT2D eigenvalue weighted by molar-refractivity contribution is -0.118. The van der Waals surface area contributed by atoms with Crippen molar-refractivity contribution in [2.45, 2.75) is 12.2 Å². The molecule has 1 aliphatic heterocycles. The molecule has 6 nitrogen and oxygen atoms in total. The molecular formula is C15H17N3O3S2. The largest absolute Gasteiger partial charge is 0.303 e. The summed E-state index contributed by atoms with van der Waals surface area (Å²) in [6, 6.07) is 9.61. The van der Waals surface area contributed by atoms with E-state index in [9.17, 15) is 13.2 Å². The molecule has 0 saturated carbocycles. The minimum Gasteiger partial charge on any atom is -0.303 e. The summed E-state index contributed by atoms with van der Waals surface area (Å²) >= 11 is 1.31. The van der Waals surface area contributed by atoms with Crippen LogP contribution in [0, 0.1) is 0 Å². The number of hydrogen-bond acceptors (Lipinski definition) is 6. The number of amides is 1. The Balaban J connectivity index is 2.05. The zero-order valence-corrected chi connectivity index (χ0v) is 14.2. The molecule has 122 valence electrons. The van der Waals surface area contributed by atoms with Gasteiger partial charge in [0.15, 0.2) is 15.0 Å². The number of nitrogens with one attached hydrogen (secondary N) is 1. The van der Waals surface area contributed by atoms with E-state index in [2.05, 4.69) is 22.1 Å². The van der Waals surface area contributed by atoms with Gasteiger partial charge in [-0.05, 0) is 12.5 Å². The Morgan fingerprint density at radius 2 is 2.09 bits per heavy atom. The molecule has 1 atom stereocenters. The van der Waals surface area contributed by atoms with Crippen molar-refractivity contribution in [2.24, 2.45) is 10.2 Å². The van der Waals surface area contributed by atoms with Crippen molar-refractivity contribution in [2.75, 3.05) is 11.5 Å². The van der Waals surface area contributed by atoms with Crippen molar-refractivity contribution in [3.05, 3.63) is 48.6 Å². The highest BCUT2D eigenvalue weighted by molar-refractivity contribution is 8.14. The number of carbonyl (C=O) groups is 1. The van der Waals surface area contributed by atoms with Crippen LogP contribution in [0.3, 0.4) is 0 Å². The zero-order valence-electron chi connectivity index (χ0n) is 12.6. The molecule has 0 spiro atoms. The summed E-state index contributed by atoms with van der Waals surface area (Å²) in [5.41, 5.74) is 1.77. The Hall–Kier alpha value is -1.93. The molecule has 0 bridgehead atoms. The Morgan fingerprint density at radius 1 is 1.39 bits per heavy atom. The summed E-state index contributed by atoms with van der Waals surface area (Å²) in [5.74, 6) is -0.300. The van der Waals surface area contributed by atoms with E-state index in [-0.39, 0.29) is 5.75 Å². The second kappa shape index (κ2) is 7.56. The Labute approximate surface area is 139 Å². The Bertz CT molecular complexity index is 755. The predicted molar refractivity (Wildman–Crippen MR) is 94.5 cm³/mol. The third-order valence-corrected chi connectivity index (χ3v) is 6.07. The van der Waals surface area contributed by atoms with Gasteiger partial charge in [-0.25, -0.2) is 8.42 Å². The highest BCUT2D eigenvalue weighted by Crippen LogP contribution is 2.15. The normalized spacial score (nSPS) is 16.0. The van der Waals surface area contributed by atoms with Crippen molar-refractivity contribution in [3.8, 4) is 0 Å². The molecule has 0 aliphatic carbocycles. The van der Waals surface area contributed by atoms with Crippen LogP contribution >= 0.6 is 11.8 Å². The first kappa shape index (κ1) is 17.4. The number of benzene rings is 1. The number of thioether (sulfide) groups is 1. The van der Waals surface area contributed by atoms with Crippen molar-refractivity contribution in [1.29, 1.82) is 0 Å². The lowest BCUT2D eigenvalue weighted by Crippen LogP contribution is -2.41.